The number of aliphatic carboxylic acids is 1. The third kappa shape index (κ3) is 1.44. The molecule has 0 aliphatic rings. The van der Waals surface area contributed by atoms with Gasteiger partial charge in [-0.3, -0.25) is 4.79 Å². The fraction of sp³-hybridized carbons (Fsp3) is 0.250. The lowest BCUT2D eigenvalue weighted by Gasteiger charge is -1.84. The minimum Gasteiger partial charge on any atom is -0.481 e. The summed E-state index contributed by atoms with van der Waals surface area (Å²) in [4.78, 5) is 10.9. The molecule has 54 valence electrons. The predicted octanol–water partition coefficient (Wildman–Crippen LogP) is -1.38. The summed E-state index contributed by atoms with van der Waals surface area (Å²) >= 11 is 0. The average Bonchev–Trinajstić information content (AvgIpc) is 2.13. The Labute approximate surface area is 56.2 Å². The predicted molar refractivity (Wildman–Crippen MR) is 31.5 cm³/mol. The third-order valence-electron chi connectivity index (χ3n) is 0.888. The highest BCUT2D eigenvalue weighted by molar-refractivity contribution is 5.69. The van der Waals surface area contributed by atoms with Gasteiger partial charge < -0.3 is 10.9 Å². The van der Waals surface area contributed by atoms with Crippen LogP contribution in [0, 0.1) is 0 Å². The Morgan fingerprint density at radius 1 is 1.90 bits per heavy atom. The molecule has 10 heavy (non-hydrogen) atoms. The lowest BCUT2D eigenvalue weighted by Crippen LogP contribution is -2.12. The summed E-state index contributed by atoms with van der Waals surface area (Å²) in [5.74, 6) is 4.11. The van der Waals surface area contributed by atoms with Crippen molar-refractivity contribution in [2.45, 2.75) is 6.42 Å². The second-order valence-electron chi connectivity index (χ2n) is 1.73. The zero-order chi connectivity index (χ0) is 7.56. The first kappa shape index (κ1) is 6.53. The zero-order valence-electron chi connectivity index (χ0n) is 5.06. The van der Waals surface area contributed by atoms with Gasteiger partial charge >= 0.3 is 5.97 Å². The van der Waals surface area contributed by atoms with Crippen molar-refractivity contribution in [3.05, 3.63) is 11.9 Å². The van der Waals surface area contributed by atoms with Gasteiger partial charge in [0.15, 0.2) is 0 Å². The monoisotopic (exact) mass is 142 g/mol. The molecule has 0 fully saturated rings. The lowest BCUT2D eigenvalue weighted by atomic mass is 10.3. The molecule has 3 N–H and O–H groups in total. The van der Waals surface area contributed by atoms with Crippen molar-refractivity contribution in [1.29, 1.82) is 0 Å². The van der Waals surface area contributed by atoms with Crippen LogP contribution >= 0.6 is 0 Å². The number of nitrogens with two attached hydrogens (primary N) is 1. The molecule has 0 bridgehead atoms. The van der Waals surface area contributed by atoms with E-state index in [4.69, 9.17) is 10.9 Å². The molecule has 0 radical (unpaired) electrons. The van der Waals surface area contributed by atoms with E-state index in [0.29, 0.717) is 5.69 Å². The number of carboxylic acids is 1. The molecule has 0 unspecified atom stereocenters. The highest BCUT2D eigenvalue weighted by Gasteiger charge is 2.02. The molecular formula is C4H6N4O2. The molecule has 0 saturated carbocycles. The normalized spacial score (nSPS) is 9.60. The van der Waals surface area contributed by atoms with Crippen molar-refractivity contribution < 1.29 is 9.90 Å². The van der Waals surface area contributed by atoms with Gasteiger partial charge in [-0.25, -0.2) is 0 Å². The van der Waals surface area contributed by atoms with E-state index in [2.05, 4.69) is 10.2 Å². The van der Waals surface area contributed by atoms with Crippen LogP contribution in [0.2, 0.25) is 0 Å². The Hall–Kier alpha value is -1.59. The van der Waals surface area contributed by atoms with E-state index >= 15 is 0 Å². The molecule has 0 aliphatic carbocycles. The van der Waals surface area contributed by atoms with Crippen molar-refractivity contribution in [3.63, 3.8) is 0 Å². The molecule has 1 heterocycles. The Morgan fingerprint density at radius 3 is 3.00 bits per heavy atom. The van der Waals surface area contributed by atoms with Crippen molar-refractivity contribution in [2.24, 2.45) is 0 Å². The Kier molecular flexibility index (Phi) is 1.53. The standard InChI is InChI=1S/C4H6N4O2/c5-8-6-2-3(7-8)1-4(9)10/h2H,1,5H2,(H,9,10). The topological polar surface area (TPSA) is 94.0 Å². The van der Waals surface area contributed by atoms with Gasteiger partial charge in [0.2, 0.25) is 0 Å². The maximum atomic E-state index is 10.1. The first-order valence-corrected chi connectivity index (χ1v) is 2.56. The van der Waals surface area contributed by atoms with E-state index < -0.39 is 5.97 Å². The fourth-order valence-corrected chi connectivity index (χ4v) is 0.545. The summed E-state index contributed by atoms with van der Waals surface area (Å²) in [6.45, 7) is 0. The quantitative estimate of drug-likeness (QED) is 0.496. The number of aromatic nitrogens is 3. The van der Waals surface area contributed by atoms with E-state index in [0.717, 1.165) is 4.91 Å². The van der Waals surface area contributed by atoms with Gasteiger partial charge in [-0.05, 0) is 0 Å². The molecule has 1 aromatic heterocycles. The summed E-state index contributed by atoms with van der Waals surface area (Å²) in [7, 11) is 0. The van der Waals surface area contributed by atoms with Crippen LogP contribution in [0.25, 0.3) is 0 Å². The van der Waals surface area contributed by atoms with E-state index in [1.54, 1.807) is 0 Å². The number of carboxylic acid groups (broad SMARTS) is 1. The second-order valence-corrected chi connectivity index (χ2v) is 1.73. The van der Waals surface area contributed by atoms with Gasteiger partial charge in [-0.2, -0.15) is 0 Å². The van der Waals surface area contributed by atoms with Crippen molar-refractivity contribution >= 4 is 5.97 Å². The molecule has 1 aromatic rings. The van der Waals surface area contributed by atoms with Crippen LogP contribution in [0.1, 0.15) is 5.69 Å². The van der Waals surface area contributed by atoms with Gasteiger partial charge in [0.25, 0.3) is 0 Å². The molecule has 0 atom stereocenters. The van der Waals surface area contributed by atoms with Gasteiger partial charge in [0, 0.05) is 0 Å². The highest BCUT2D eigenvalue weighted by atomic mass is 16.4. The number of hydrogen-bond donors (Lipinski definition) is 2. The molecule has 6 nitrogen and oxygen atoms in total. The zero-order valence-corrected chi connectivity index (χ0v) is 5.06. The van der Waals surface area contributed by atoms with Crippen molar-refractivity contribution in [1.82, 2.24) is 15.1 Å². The maximum absolute atomic E-state index is 10.1. The summed E-state index contributed by atoms with van der Waals surface area (Å²) in [5, 5.41) is 15.3. The van der Waals surface area contributed by atoms with E-state index in [1.165, 1.54) is 6.20 Å². The summed E-state index contributed by atoms with van der Waals surface area (Å²) < 4.78 is 0. The molecule has 0 aliphatic heterocycles. The SMILES string of the molecule is Nn1ncc(CC(=O)O)n1. The maximum Gasteiger partial charge on any atom is 0.309 e. The van der Waals surface area contributed by atoms with Crippen LogP contribution in [0.15, 0.2) is 6.20 Å². The van der Waals surface area contributed by atoms with Crippen molar-refractivity contribution in [3.8, 4) is 0 Å². The highest BCUT2D eigenvalue weighted by Crippen LogP contribution is 1.89. The first-order chi connectivity index (χ1) is 4.68. The number of nitrogens with zero attached hydrogens (tertiary/aromatic N) is 3. The van der Waals surface area contributed by atoms with Crippen LogP contribution < -0.4 is 5.84 Å². The summed E-state index contributed by atoms with van der Waals surface area (Å²) in [5.41, 5.74) is 0.356. The van der Waals surface area contributed by atoms with Gasteiger partial charge in [0.05, 0.1) is 18.3 Å². The van der Waals surface area contributed by atoms with E-state index in [9.17, 15) is 4.79 Å². The minimum absolute atomic E-state index is 0.142. The minimum atomic E-state index is -0.944. The number of hydrogen-bond acceptors (Lipinski definition) is 4. The first-order valence-electron chi connectivity index (χ1n) is 2.56. The third-order valence-corrected chi connectivity index (χ3v) is 0.888. The fourth-order valence-electron chi connectivity index (χ4n) is 0.545. The molecule has 0 amide bonds. The molecular weight excluding hydrogens is 136 g/mol. The van der Waals surface area contributed by atoms with Crippen LogP contribution in [0.3, 0.4) is 0 Å². The van der Waals surface area contributed by atoms with Crippen LogP contribution in [0.5, 0.6) is 0 Å². The Balaban J connectivity index is 2.67. The van der Waals surface area contributed by atoms with Crippen LogP contribution in [0.4, 0.5) is 0 Å². The van der Waals surface area contributed by atoms with E-state index in [-0.39, 0.29) is 6.42 Å². The van der Waals surface area contributed by atoms with Crippen LogP contribution in [-0.4, -0.2) is 26.2 Å². The summed E-state index contributed by atoms with van der Waals surface area (Å²) in [6, 6.07) is 0. The second kappa shape index (κ2) is 2.34. The molecule has 0 aromatic carbocycles. The Morgan fingerprint density at radius 2 is 2.60 bits per heavy atom. The number of rotatable bonds is 2. The van der Waals surface area contributed by atoms with Crippen molar-refractivity contribution in [2.75, 3.05) is 5.84 Å². The summed E-state index contributed by atoms with van der Waals surface area (Å²) in [6.07, 6.45) is 1.17. The van der Waals surface area contributed by atoms with Gasteiger partial charge in [-0.1, -0.05) is 4.91 Å². The van der Waals surface area contributed by atoms with E-state index in [1.807, 2.05) is 0 Å². The smallest absolute Gasteiger partial charge is 0.309 e. The molecule has 0 saturated heterocycles. The lowest BCUT2D eigenvalue weighted by molar-refractivity contribution is -0.136. The molecule has 6 heteroatoms. The number of carbonyl (C=O) groups is 1. The largest absolute Gasteiger partial charge is 0.481 e. The van der Waals surface area contributed by atoms with Gasteiger partial charge in [-0.15, -0.1) is 10.2 Å². The molecule has 1 rings (SSSR count). The molecule has 0 spiro atoms. The van der Waals surface area contributed by atoms with Gasteiger partial charge in [0.1, 0.15) is 0 Å². The number of nitrogen functional groups attached to an aromatic ring is 1. The Bertz CT molecular complexity index is 243. The van der Waals surface area contributed by atoms with Crippen LogP contribution in [-0.2, 0) is 11.2 Å². The average molecular weight is 142 g/mol.